The first-order chi connectivity index (χ1) is 18.0. The van der Waals surface area contributed by atoms with Gasteiger partial charge in [-0.15, -0.1) is 11.3 Å². The zero-order valence-electron chi connectivity index (χ0n) is 19.6. The summed E-state index contributed by atoms with van der Waals surface area (Å²) in [6.45, 7) is 1.22. The molecular weight excluding hydrogens is 531 g/mol. The van der Waals surface area contributed by atoms with Crippen LogP contribution in [0.3, 0.4) is 0 Å². The van der Waals surface area contributed by atoms with Crippen molar-refractivity contribution in [2.45, 2.75) is 18.8 Å². The molecule has 188 valence electrons. The molecule has 3 heterocycles. The minimum atomic E-state index is -0.367. The number of hydrogen-bond donors (Lipinski definition) is 1. The fourth-order valence-electron chi connectivity index (χ4n) is 4.12. The van der Waals surface area contributed by atoms with Gasteiger partial charge in [0, 0.05) is 53.4 Å². The zero-order valence-corrected chi connectivity index (χ0v) is 21.9. The fourth-order valence-corrected chi connectivity index (χ4v) is 5.42. The Morgan fingerprint density at radius 3 is 2.49 bits per heavy atom. The second-order valence-electron chi connectivity index (χ2n) is 8.57. The number of nitrogens with zero attached hydrogens (tertiary/aromatic N) is 3. The van der Waals surface area contributed by atoms with Crippen molar-refractivity contribution >= 4 is 52.0 Å². The molecule has 0 unspecified atom stereocenters. The molecular formula is C27H22Cl2N4O3S. The molecule has 4 aromatic rings. The summed E-state index contributed by atoms with van der Waals surface area (Å²) < 4.78 is 5.26. The van der Waals surface area contributed by atoms with Crippen LogP contribution in [-0.4, -0.2) is 39.8 Å². The number of carbonyl (C=O) groups excluding carboxylic acids is 2. The molecule has 2 aromatic carbocycles. The van der Waals surface area contributed by atoms with Crippen molar-refractivity contribution < 1.29 is 14.0 Å². The Balaban J connectivity index is 1.11. The molecule has 1 aliphatic heterocycles. The number of thiazole rings is 1. The Morgan fingerprint density at radius 2 is 1.78 bits per heavy atom. The van der Waals surface area contributed by atoms with Gasteiger partial charge in [0.2, 0.25) is 11.8 Å². The lowest BCUT2D eigenvalue weighted by Crippen LogP contribution is -2.37. The number of anilines is 1. The third-order valence-electron chi connectivity index (χ3n) is 6.14. The number of amides is 2. The number of benzene rings is 2. The number of hydrogen-bond acceptors (Lipinski definition) is 6. The van der Waals surface area contributed by atoms with Crippen molar-refractivity contribution in [1.82, 2.24) is 14.9 Å². The average molecular weight is 553 g/mol. The number of oxazole rings is 1. The summed E-state index contributed by atoms with van der Waals surface area (Å²) >= 11 is 13.8. The Labute approximate surface area is 227 Å². The van der Waals surface area contributed by atoms with E-state index in [1.165, 1.54) is 18.5 Å². The van der Waals surface area contributed by atoms with Crippen LogP contribution in [0.2, 0.25) is 10.0 Å². The lowest BCUT2D eigenvalue weighted by atomic mass is 9.97. The van der Waals surface area contributed by atoms with Crippen molar-refractivity contribution in [2.24, 2.45) is 0 Å². The fraction of sp³-hybridized carbons (Fsp3) is 0.185. The highest BCUT2D eigenvalue weighted by atomic mass is 35.5. The summed E-state index contributed by atoms with van der Waals surface area (Å²) in [5, 5.41) is 6.85. The summed E-state index contributed by atoms with van der Waals surface area (Å²) in [7, 11) is 0. The van der Waals surface area contributed by atoms with Gasteiger partial charge in [0.05, 0.1) is 26.9 Å². The first kappa shape index (κ1) is 25.2. The van der Waals surface area contributed by atoms with E-state index in [0.29, 0.717) is 34.6 Å². The van der Waals surface area contributed by atoms with Gasteiger partial charge >= 0.3 is 0 Å². The lowest BCUT2D eigenvalue weighted by molar-refractivity contribution is -0.127. The molecule has 1 fully saturated rings. The Morgan fingerprint density at radius 1 is 1.03 bits per heavy atom. The molecule has 0 bridgehead atoms. The van der Waals surface area contributed by atoms with E-state index in [0.717, 1.165) is 34.7 Å². The third kappa shape index (κ3) is 6.10. The van der Waals surface area contributed by atoms with Gasteiger partial charge in [-0.3, -0.25) is 9.59 Å². The summed E-state index contributed by atoms with van der Waals surface area (Å²) in [5.74, 6) is 0.393. The number of likely N-dealkylation sites (tertiary alicyclic amines) is 1. The largest absolute Gasteiger partial charge is 0.444 e. The summed E-state index contributed by atoms with van der Waals surface area (Å²) in [6, 6.07) is 12.7. The van der Waals surface area contributed by atoms with Gasteiger partial charge in [0.15, 0.2) is 12.2 Å². The molecule has 0 aliphatic carbocycles. The van der Waals surface area contributed by atoms with Crippen LogP contribution in [-0.2, 0) is 9.59 Å². The quantitative estimate of drug-likeness (QED) is 0.270. The molecule has 37 heavy (non-hydrogen) atoms. The van der Waals surface area contributed by atoms with Gasteiger partial charge in [0.1, 0.15) is 0 Å². The maximum Gasteiger partial charge on any atom is 0.248 e. The number of halogens is 2. The number of carbonyl (C=O) groups is 2. The van der Waals surface area contributed by atoms with E-state index in [9.17, 15) is 9.59 Å². The Kier molecular flexibility index (Phi) is 7.69. The van der Waals surface area contributed by atoms with Gasteiger partial charge in [-0.1, -0.05) is 29.3 Å². The van der Waals surface area contributed by atoms with Crippen molar-refractivity contribution in [3.8, 4) is 22.6 Å². The number of nitrogens with one attached hydrogen (secondary N) is 1. The molecule has 5 rings (SSSR count). The van der Waals surface area contributed by atoms with Crippen molar-refractivity contribution in [3.05, 3.63) is 87.6 Å². The first-order valence-electron chi connectivity index (χ1n) is 11.6. The van der Waals surface area contributed by atoms with E-state index < -0.39 is 0 Å². The van der Waals surface area contributed by atoms with E-state index in [1.807, 2.05) is 29.6 Å². The summed E-state index contributed by atoms with van der Waals surface area (Å²) in [4.78, 5) is 35.4. The number of rotatable bonds is 6. The van der Waals surface area contributed by atoms with Crippen LogP contribution in [0.15, 0.2) is 77.0 Å². The second-order valence-corrected chi connectivity index (χ2v) is 10.3. The number of aromatic nitrogens is 2. The number of piperidine rings is 1. The topological polar surface area (TPSA) is 88.3 Å². The molecule has 2 amide bonds. The minimum absolute atomic E-state index is 0.176. The summed E-state index contributed by atoms with van der Waals surface area (Å²) in [5.41, 5.74) is 3.28. The highest BCUT2D eigenvalue weighted by molar-refractivity contribution is 7.10. The molecule has 1 saturated heterocycles. The monoisotopic (exact) mass is 552 g/mol. The smallest absolute Gasteiger partial charge is 0.248 e. The van der Waals surface area contributed by atoms with Crippen molar-refractivity contribution in [2.75, 3.05) is 18.4 Å². The molecule has 1 N–H and O–H groups in total. The maximum atomic E-state index is 12.6. The van der Waals surface area contributed by atoms with Crippen molar-refractivity contribution in [3.63, 3.8) is 0 Å². The SMILES string of the molecule is O=C(/C=C/C(=O)N1CCC(c2nc(-c3ccc(Cl)c(Cl)c3)cs2)CC1)Nc1ccc(-c2cnco2)cc1. The zero-order chi connectivity index (χ0) is 25.8. The minimum Gasteiger partial charge on any atom is -0.444 e. The highest BCUT2D eigenvalue weighted by Crippen LogP contribution is 2.34. The van der Waals surface area contributed by atoms with Crippen molar-refractivity contribution in [1.29, 1.82) is 0 Å². The van der Waals surface area contributed by atoms with Crippen LogP contribution in [0, 0.1) is 0 Å². The normalized spacial score (nSPS) is 14.3. The van der Waals surface area contributed by atoms with Gasteiger partial charge in [0.25, 0.3) is 0 Å². The predicted molar refractivity (Wildman–Crippen MR) is 146 cm³/mol. The molecule has 0 spiro atoms. The van der Waals surface area contributed by atoms with Crippen LogP contribution in [0.4, 0.5) is 5.69 Å². The molecule has 1 aliphatic rings. The Bertz CT molecular complexity index is 1430. The van der Waals surface area contributed by atoms with Gasteiger partial charge in [-0.2, -0.15) is 0 Å². The molecule has 2 aromatic heterocycles. The molecule has 0 saturated carbocycles. The highest BCUT2D eigenvalue weighted by Gasteiger charge is 2.25. The standard InChI is InChI=1S/C27H22Cl2N4O3S/c28-21-6-3-19(13-22(21)29)23-15-37-27(32-23)18-9-11-33(12-10-18)26(35)8-7-25(34)31-20-4-1-17(2-5-20)24-14-30-16-36-24/h1-8,13-16,18H,9-12H2,(H,31,34)/b8-7+. The molecule has 7 nitrogen and oxygen atoms in total. The average Bonchev–Trinajstić information content (AvgIpc) is 3.63. The van der Waals surface area contributed by atoms with Gasteiger partial charge < -0.3 is 14.6 Å². The van der Waals surface area contributed by atoms with E-state index in [1.54, 1.807) is 40.6 Å². The van der Waals surface area contributed by atoms with E-state index in [-0.39, 0.29) is 17.7 Å². The van der Waals surface area contributed by atoms with E-state index >= 15 is 0 Å². The molecule has 0 radical (unpaired) electrons. The second kappa shape index (κ2) is 11.3. The predicted octanol–water partition coefficient (Wildman–Crippen LogP) is 6.67. The van der Waals surface area contributed by atoms with Crippen LogP contribution >= 0.6 is 34.5 Å². The van der Waals surface area contributed by atoms with E-state index in [4.69, 9.17) is 32.6 Å². The first-order valence-corrected chi connectivity index (χ1v) is 13.3. The van der Waals surface area contributed by atoms with Gasteiger partial charge in [-0.25, -0.2) is 9.97 Å². The third-order valence-corrected chi connectivity index (χ3v) is 7.89. The molecule has 10 heteroatoms. The van der Waals surface area contributed by atoms with E-state index in [2.05, 4.69) is 10.3 Å². The summed E-state index contributed by atoms with van der Waals surface area (Å²) in [6.07, 6.45) is 7.21. The van der Waals surface area contributed by atoms with Gasteiger partial charge in [-0.05, 0) is 49.2 Å². The lowest BCUT2D eigenvalue weighted by Gasteiger charge is -2.30. The van der Waals surface area contributed by atoms with Crippen LogP contribution < -0.4 is 5.32 Å². The Hall–Kier alpha value is -3.46. The van der Waals surface area contributed by atoms with Crippen LogP contribution in [0.1, 0.15) is 23.8 Å². The van der Waals surface area contributed by atoms with Crippen LogP contribution in [0.5, 0.6) is 0 Å². The molecule has 0 atom stereocenters. The maximum absolute atomic E-state index is 12.6. The van der Waals surface area contributed by atoms with Crippen LogP contribution in [0.25, 0.3) is 22.6 Å².